The summed E-state index contributed by atoms with van der Waals surface area (Å²) in [6.45, 7) is 0.645. The van der Waals surface area contributed by atoms with E-state index in [2.05, 4.69) is 5.32 Å². The lowest BCUT2D eigenvalue weighted by atomic mass is 9.97. The van der Waals surface area contributed by atoms with Crippen molar-refractivity contribution >= 4 is 6.41 Å². The van der Waals surface area contributed by atoms with Gasteiger partial charge in [-0.15, -0.1) is 0 Å². The number of carbonyl (C=O) groups excluding carboxylic acids is 1. The smallest absolute Gasteiger partial charge is 0.257 e. The molecule has 1 aromatic rings. The van der Waals surface area contributed by atoms with Crippen molar-refractivity contribution in [2.45, 2.75) is 18.5 Å². The third kappa shape index (κ3) is 5.03. The molecule has 0 bridgehead atoms. The Labute approximate surface area is 124 Å². The lowest BCUT2D eigenvalue weighted by Crippen LogP contribution is -2.39. The van der Waals surface area contributed by atoms with Crippen LogP contribution in [0, 0.1) is 10.1 Å². The number of nitrogens with one attached hydrogen (secondary N) is 1. The molecule has 1 amide bonds. The highest BCUT2D eigenvalue weighted by atomic mass is 16.6. The molecule has 0 fully saturated rings. The second-order valence-electron chi connectivity index (χ2n) is 4.99. The van der Waals surface area contributed by atoms with Crippen LogP contribution in [0.15, 0.2) is 24.3 Å². The number of ether oxygens (including phenoxy) is 1. The van der Waals surface area contributed by atoms with Gasteiger partial charge >= 0.3 is 0 Å². The zero-order valence-electron chi connectivity index (χ0n) is 12.5. The first kappa shape index (κ1) is 16.9. The van der Waals surface area contributed by atoms with Gasteiger partial charge in [-0.05, 0) is 51.3 Å². The third-order valence-electron chi connectivity index (χ3n) is 3.24. The summed E-state index contributed by atoms with van der Waals surface area (Å²) in [5.41, 5.74) is 0.541. The van der Waals surface area contributed by atoms with Crippen LogP contribution in [-0.4, -0.2) is 50.0 Å². The van der Waals surface area contributed by atoms with Gasteiger partial charge in [0.2, 0.25) is 6.41 Å². The van der Waals surface area contributed by atoms with E-state index < -0.39 is 12.1 Å². The van der Waals surface area contributed by atoms with E-state index >= 15 is 0 Å². The fourth-order valence-electron chi connectivity index (χ4n) is 2.12. The minimum absolute atomic E-state index is 0.362. The summed E-state index contributed by atoms with van der Waals surface area (Å²) in [5, 5.41) is 14.0. The fraction of sp³-hybridized carbons (Fsp3) is 0.500. The van der Waals surface area contributed by atoms with Gasteiger partial charge in [-0.1, -0.05) is 0 Å². The van der Waals surface area contributed by atoms with E-state index in [1.54, 1.807) is 24.3 Å². The molecule has 116 valence electrons. The van der Waals surface area contributed by atoms with E-state index in [4.69, 9.17) is 4.74 Å². The molecule has 0 saturated heterocycles. The Bertz CT molecular complexity index is 462. The van der Waals surface area contributed by atoms with Gasteiger partial charge in [0.05, 0.1) is 7.11 Å². The number of nitrogens with zero attached hydrogens (tertiary/aromatic N) is 2. The predicted molar refractivity (Wildman–Crippen MR) is 78.9 cm³/mol. The Morgan fingerprint density at radius 1 is 1.38 bits per heavy atom. The molecule has 7 nitrogen and oxygen atoms in total. The van der Waals surface area contributed by atoms with Crippen molar-refractivity contribution in [3.05, 3.63) is 39.9 Å². The van der Waals surface area contributed by atoms with Crippen molar-refractivity contribution in [2.24, 2.45) is 0 Å². The minimum atomic E-state index is -0.985. The number of nitro groups is 1. The maximum atomic E-state index is 11.4. The standard InChI is InChI=1S/C14H21N3O4/c1-16(2)9-8-13(15-10-18)14(17(19)20)11-4-6-12(21-3)7-5-11/h4-7,10,13-14H,8-9H2,1-3H3,(H,15,18). The largest absolute Gasteiger partial charge is 0.497 e. The van der Waals surface area contributed by atoms with Crippen LogP contribution in [0.25, 0.3) is 0 Å². The van der Waals surface area contributed by atoms with Crippen molar-refractivity contribution in [2.75, 3.05) is 27.7 Å². The van der Waals surface area contributed by atoms with E-state index in [-0.39, 0.29) is 4.92 Å². The van der Waals surface area contributed by atoms with Crippen LogP contribution in [-0.2, 0) is 4.79 Å². The summed E-state index contributed by atoms with van der Waals surface area (Å²) in [6.07, 6.45) is 1.00. The van der Waals surface area contributed by atoms with Crippen molar-refractivity contribution in [1.29, 1.82) is 0 Å². The van der Waals surface area contributed by atoms with Gasteiger partial charge in [-0.25, -0.2) is 0 Å². The molecule has 21 heavy (non-hydrogen) atoms. The molecule has 1 rings (SSSR count). The van der Waals surface area contributed by atoms with Crippen LogP contribution in [0.2, 0.25) is 0 Å². The summed E-state index contributed by atoms with van der Waals surface area (Å²) < 4.78 is 5.05. The lowest BCUT2D eigenvalue weighted by molar-refractivity contribution is -0.533. The zero-order chi connectivity index (χ0) is 15.8. The molecule has 0 aliphatic heterocycles. The fourth-order valence-corrected chi connectivity index (χ4v) is 2.12. The van der Waals surface area contributed by atoms with Crippen LogP contribution in [0.4, 0.5) is 0 Å². The minimum Gasteiger partial charge on any atom is -0.497 e. The SMILES string of the molecule is COc1ccc(C(C(CCN(C)C)NC=O)[N+](=O)[O-])cc1. The Hall–Kier alpha value is -2.15. The first-order valence-corrected chi connectivity index (χ1v) is 6.61. The molecule has 0 heterocycles. The molecular formula is C14H21N3O4. The van der Waals surface area contributed by atoms with Crippen LogP contribution >= 0.6 is 0 Å². The van der Waals surface area contributed by atoms with Gasteiger partial charge in [0.15, 0.2) is 0 Å². The second kappa shape index (κ2) is 8.21. The van der Waals surface area contributed by atoms with Gasteiger partial charge in [-0.3, -0.25) is 14.9 Å². The molecule has 7 heteroatoms. The van der Waals surface area contributed by atoms with Crippen molar-refractivity contribution in [3.8, 4) is 5.75 Å². The van der Waals surface area contributed by atoms with Crippen molar-refractivity contribution < 1.29 is 14.5 Å². The van der Waals surface area contributed by atoms with E-state index in [1.807, 2.05) is 19.0 Å². The van der Waals surface area contributed by atoms with Gasteiger partial charge in [0.25, 0.3) is 6.04 Å². The number of rotatable bonds is 9. The molecule has 0 spiro atoms. The number of carbonyl (C=O) groups is 1. The highest BCUT2D eigenvalue weighted by Crippen LogP contribution is 2.24. The predicted octanol–water partition coefficient (Wildman–Crippen LogP) is 1.08. The van der Waals surface area contributed by atoms with Crippen LogP contribution < -0.4 is 10.1 Å². The molecule has 0 aliphatic rings. The van der Waals surface area contributed by atoms with Crippen LogP contribution in [0.5, 0.6) is 5.75 Å². The highest BCUT2D eigenvalue weighted by molar-refractivity contribution is 5.47. The normalized spacial score (nSPS) is 13.5. The van der Waals surface area contributed by atoms with Gasteiger partial charge in [0, 0.05) is 10.5 Å². The Kier molecular flexibility index (Phi) is 6.61. The van der Waals surface area contributed by atoms with Crippen molar-refractivity contribution in [1.82, 2.24) is 10.2 Å². The molecular weight excluding hydrogens is 274 g/mol. The van der Waals surface area contributed by atoms with Crippen LogP contribution in [0.3, 0.4) is 0 Å². The first-order chi connectivity index (χ1) is 9.99. The Balaban J connectivity index is 2.98. The summed E-state index contributed by atoms with van der Waals surface area (Å²) in [4.78, 5) is 23.7. The molecule has 2 unspecified atom stereocenters. The third-order valence-corrected chi connectivity index (χ3v) is 3.24. The Morgan fingerprint density at radius 3 is 2.43 bits per heavy atom. The van der Waals surface area contributed by atoms with Crippen LogP contribution in [0.1, 0.15) is 18.0 Å². The van der Waals surface area contributed by atoms with Crippen molar-refractivity contribution in [3.63, 3.8) is 0 Å². The topological polar surface area (TPSA) is 84.7 Å². The summed E-state index contributed by atoms with van der Waals surface area (Å²) in [5.74, 6) is 0.633. The average Bonchev–Trinajstić information content (AvgIpc) is 2.45. The van der Waals surface area contributed by atoms with E-state index in [0.717, 1.165) is 0 Å². The maximum Gasteiger partial charge on any atom is 0.257 e. The zero-order valence-corrected chi connectivity index (χ0v) is 12.5. The number of benzene rings is 1. The Morgan fingerprint density at radius 2 is 2.00 bits per heavy atom. The van der Waals surface area contributed by atoms with E-state index in [1.165, 1.54) is 7.11 Å². The number of amides is 1. The molecule has 1 N–H and O–H groups in total. The number of methoxy groups -OCH3 is 1. The average molecular weight is 295 g/mol. The number of hydrogen-bond donors (Lipinski definition) is 1. The van der Waals surface area contributed by atoms with Gasteiger partial charge in [-0.2, -0.15) is 0 Å². The monoisotopic (exact) mass is 295 g/mol. The molecule has 0 aliphatic carbocycles. The van der Waals surface area contributed by atoms with E-state index in [9.17, 15) is 14.9 Å². The molecule has 0 saturated carbocycles. The highest BCUT2D eigenvalue weighted by Gasteiger charge is 2.32. The summed E-state index contributed by atoms with van der Waals surface area (Å²) in [7, 11) is 5.30. The molecule has 2 atom stereocenters. The summed E-state index contributed by atoms with van der Waals surface area (Å²) in [6, 6.07) is 5.11. The molecule has 0 aromatic heterocycles. The first-order valence-electron chi connectivity index (χ1n) is 6.61. The summed E-state index contributed by atoms with van der Waals surface area (Å²) >= 11 is 0. The molecule has 1 aromatic carbocycles. The van der Waals surface area contributed by atoms with Gasteiger partial charge in [0.1, 0.15) is 11.8 Å². The lowest BCUT2D eigenvalue weighted by Gasteiger charge is -2.22. The van der Waals surface area contributed by atoms with E-state index in [0.29, 0.717) is 30.7 Å². The molecule has 0 radical (unpaired) electrons. The second-order valence-corrected chi connectivity index (χ2v) is 4.99. The number of hydrogen-bond acceptors (Lipinski definition) is 5. The quantitative estimate of drug-likeness (QED) is 0.418. The maximum absolute atomic E-state index is 11.4. The van der Waals surface area contributed by atoms with Gasteiger partial charge < -0.3 is 15.0 Å².